The Labute approximate surface area is 122 Å². The molecule has 1 aliphatic rings. The number of piperidine rings is 1. The van der Waals surface area contributed by atoms with E-state index >= 15 is 0 Å². The number of rotatable bonds is 3. The van der Waals surface area contributed by atoms with E-state index in [0.717, 1.165) is 11.3 Å². The lowest BCUT2D eigenvalue weighted by molar-refractivity contribution is 0.282. The molecule has 0 amide bonds. The van der Waals surface area contributed by atoms with E-state index in [4.69, 9.17) is 0 Å². The van der Waals surface area contributed by atoms with Gasteiger partial charge in [-0.2, -0.15) is 0 Å². The van der Waals surface area contributed by atoms with Crippen LogP contribution in [-0.4, -0.2) is 40.3 Å². The molecule has 1 saturated heterocycles. The molecule has 2 aromatic rings. The highest BCUT2D eigenvalue weighted by molar-refractivity contribution is 8.00. The topological polar surface area (TPSA) is 29.0 Å². The Bertz CT molecular complexity index is 559. The fourth-order valence-electron chi connectivity index (χ4n) is 2.41. The van der Waals surface area contributed by atoms with Crippen LogP contribution in [0.25, 0.3) is 10.2 Å². The molecule has 0 spiro atoms. The maximum absolute atomic E-state index is 4.51. The van der Waals surface area contributed by atoms with E-state index in [1.165, 1.54) is 41.2 Å². The largest absolute Gasteiger partial charge is 0.306 e. The van der Waals surface area contributed by atoms with E-state index in [-0.39, 0.29) is 0 Å². The average molecular weight is 293 g/mol. The zero-order valence-corrected chi connectivity index (χ0v) is 13.1. The molecular weight excluding hydrogens is 274 g/mol. The molecular formula is C14H19N3S2. The third-order valence-electron chi connectivity index (χ3n) is 3.64. The maximum Gasteiger partial charge on any atom is 0.128 e. The Balaban J connectivity index is 1.82. The van der Waals surface area contributed by atoms with Crippen molar-refractivity contribution < 1.29 is 0 Å². The normalized spacial score (nSPS) is 18.2. The first kappa shape index (κ1) is 13.3. The fraction of sp³-hybridized carbons (Fsp3) is 0.571. The SMILES string of the molecule is CCc1cc2c(SC3CCN(C)CC3)ncnc2s1. The number of thioether (sulfide) groups is 1. The third-order valence-corrected chi connectivity index (χ3v) is 6.18. The van der Waals surface area contributed by atoms with Crippen molar-refractivity contribution in [1.82, 2.24) is 14.9 Å². The van der Waals surface area contributed by atoms with Gasteiger partial charge in [-0.1, -0.05) is 6.92 Å². The molecule has 0 N–H and O–H groups in total. The summed E-state index contributed by atoms with van der Waals surface area (Å²) in [4.78, 5) is 13.9. The van der Waals surface area contributed by atoms with Crippen molar-refractivity contribution in [2.45, 2.75) is 36.5 Å². The minimum Gasteiger partial charge on any atom is -0.306 e. The third kappa shape index (κ3) is 2.93. The van der Waals surface area contributed by atoms with Crippen LogP contribution in [0.5, 0.6) is 0 Å². The highest BCUT2D eigenvalue weighted by Crippen LogP contribution is 2.35. The van der Waals surface area contributed by atoms with Gasteiger partial charge in [-0.15, -0.1) is 23.1 Å². The van der Waals surface area contributed by atoms with Gasteiger partial charge in [0.25, 0.3) is 0 Å². The summed E-state index contributed by atoms with van der Waals surface area (Å²) in [5.74, 6) is 0. The molecule has 1 fully saturated rings. The van der Waals surface area contributed by atoms with Crippen LogP contribution in [0.4, 0.5) is 0 Å². The quantitative estimate of drug-likeness (QED) is 0.811. The molecule has 3 rings (SSSR count). The summed E-state index contributed by atoms with van der Waals surface area (Å²) in [6, 6.07) is 2.28. The van der Waals surface area contributed by atoms with Crippen molar-refractivity contribution in [2.24, 2.45) is 0 Å². The zero-order valence-electron chi connectivity index (χ0n) is 11.4. The van der Waals surface area contributed by atoms with Gasteiger partial charge in [-0.3, -0.25) is 0 Å². The number of aromatic nitrogens is 2. The molecule has 0 aromatic carbocycles. The van der Waals surface area contributed by atoms with E-state index in [2.05, 4.69) is 34.9 Å². The summed E-state index contributed by atoms with van der Waals surface area (Å²) in [6.45, 7) is 4.60. The number of likely N-dealkylation sites (tertiary alicyclic amines) is 1. The van der Waals surface area contributed by atoms with Crippen LogP contribution in [0, 0.1) is 0 Å². The van der Waals surface area contributed by atoms with Crippen molar-refractivity contribution in [3.63, 3.8) is 0 Å². The summed E-state index contributed by atoms with van der Waals surface area (Å²) in [7, 11) is 2.20. The summed E-state index contributed by atoms with van der Waals surface area (Å²) >= 11 is 3.75. The Morgan fingerprint density at radius 2 is 2.16 bits per heavy atom. The summed E-state index contributed by atoms with van der Waals surface area (Å²) in [6.07, 6.45) is 5.32. The van der Waals surface area contributed by atoms with Gasteiger partial charge in [-0.05, 0) is 45.5 Å². The van der Waals surface area contributed by atoms with Crippen LogP contribution in [-0.2, 0) is 6.42 Å². The van der Waals surface area contributed by atoms with Crippen LogP contribution >= 0.6 is 23.1 Å². The molecule has 0 saturated carbocycles. The Morgan fingerprint density at radius 1 is 1.37 bits per heavy atom. The lowest BCUT2D eigenvalue weighted by atomic mass is 10.1. The van der Waals surface area contributed by atoms with E-state index in [1.54, 1.807) is 17.7 Å². The van der Waals surface area contributed by atoms with E-state index in [1.807, 2.05) is 11.8 Å². The second kappa shape index (κ2) is 5.77. The summed E-state index contributed by atoms with van der Waals surface area (Å²) in [5, 5.41) is 3.14. The van der Waals surface area contributed by atoms with Crippen molar-refractivity contribution >= 4 is 33.3 Å². The first-order chi connectivity index (χ1) is 9.26. The minimum absolute atomic E-state index is 0.708. The Kier molecular flexibility index (Phi) is 4.05. The molecule has 5 heteroatoms. The summed E-state index contributed by atoms with van der Waals surface area (Å²) in [5.41, 5.74) is 0. The highest BCUT2D eigenvalue weighted by Gasteiger charge is 2.19. The molecule has 0 bridgehead atoms. The number of aryl methyl sites for hydroxylation is 1. The lowest BCUT2D eigenvalue weighted by Crippen LogP contribution is -2.31. The van der Waals surface area contributed by atoms with Gasteiger partial charge in [0.1, 0.15) is 16.2 Å². The molecule has 102 valence electrons. The van der Waals surface area contributed by atoms with E-state index in [0.29, 0.717) is 5.25 Å². The molecule has 0 unspecified atom stereocenters. The number of nitrogens with zero attached hydrogens (tertiary/aromatic N) is 3. The van der Waals surface area contributed by atoms with Crippen LogP contribution in [0.1, 0.15) is 24.6 Å². The van der Waals surface area contributed by atoms with Gasteiger partial charge in [0, 0.05) is 15.5 Å². The van der Waals surface area contributed by atoms with Gasteiger partial charge in [0.15, 0.2) is 0 Å². The van der Waals surface area contributed by atoms with Crippen LogP contribution in [0.2, 0.25) is 0 Å². The lowest BCUT2D eigenvalue weighted by Gasteiger charge is -2.28. The van der Waals surface area contributed by atoms with Gasteiger partial charge < -0.3 is 4.90 Å². The standard InChI is InChI=1S/C14H19N3S2/c1-3-10-8-12-13(18-10)15-9-16-14(12)19-11-4-6-17(2)7-5-11/h8-9,11H,3-7H2,1-2H3. The smallest absolute Gasteiger partial charge is 0.128 e. The molecule has 1 aliphatic heterocycles. The van der Waals surface area contributed by atoms with Crippen molar-refractivity contribution in [3.8, 4) is 0 Å². The number of hydrogen-bond acceptors (Lipinski definition) is 5. The number of fused-ring (bicyclic) bond motifs is 1. The van der Waals surface area contributed by atoms with Gasteiger partial charge in [0.05, 0.1) is 0 Å². The fourth-order valence-corrected chi connectivity index (χ4v) is 4.56. The van der Waals surface area contributed by atoms with Gasteiger partial charge >= 0.3 is 0 Å². The molecule has 2 aromatic heterocycles. The van der Waals surface area contributed by atoms with Crippen LogP contribution in [0.3, 0.4) is 0 Å². The summed E-state index contributed by atoms with van der Waals surface area (Å²) < 4.78 is 0. The van der Waals surface area contributed by atoms with Gasteiger partial charge in [0.2, 0.25) is 0 Å². The van der Waals surface area contributed by atoms with Crippen LogP contribution < -0.4 is 0 Å². The van der Waals surface area contributed by atoms with Crippen molar-refractivity contribution in [2.75, 3.05) is 20.1 Å². The van der Waals surface area contributed by atoms with Crippen molar-refractivity contribution in [3.05, 3.63) is 17.3 Å². The highest BCUT2D eigenvalue weighted by atomic mass is 32.2. The van der Waals surface area contributed by atoms with E-state index in [9.17, 15) is 0 Å². The van der Waals surface area contributed by atoms with Gasteiger partial charge in [-0.25, -0.2) is 9.97 Å². The molecule has 0 radical (unpaired) electrons. The minimum atomic E-state index is 0.708. The molecule has 3 heterocycles. The molecule has 0 aliphatic carbocycles. The molecule has 0 atom stereocenters. The van der Waals surface area contributed by atoms with E-state index < -0.39 is 0 Å². The monoisotopic (exact) mass is 293 g/mol. The first-order valence-electron chi connectivity index (χ1n) is 6.85. The second-order valence-electron chi connectivity index (χ2n) is 5.08. The zero-order chi connectivity index (χ0) is 13.2. The average Bonchev–Trinajstić information content (AvgIpc) is 2.85. The van der Waals surface area contributed by atoms with Crippen LogP contribution in [0.15, 0.2) is 17.4 Å². The first-order valence-corrected chi connectivity index (χ1v) is 8.54. The second-order valence-corrected chi connectivity index (χ2v) is 7.49. The predicted molar refractivity (Wildman–Crippen MR) is 83.2 cm³/mol. The Morgan fingerprint density at radius 3 is 2.89 bits per heavy atom. The molecule has 3 nitrogen and oxygen atoms in total. The number of thiophene rings is 1. The Hall–Kier alpha value is -0.650. The molecule has 19 heavy (non-hydrogen) atoms. The predicted octanol–water partition coefficient (Wildman–Crippen LogP) is 3.44. The van der Waals surface area contributed by atoms with Crippen molar-refractivity contribution in [1.29, 1.82) is 0 Å². The number of hydrogen-bond donors (Lipinski definition) is 0. The maximum atomic E-state index is 4.51.